The summed E-state index contributed by atoms with van der Waals surface area (Å²) in [5, 5.41) is 13.0. The normalized spacial score (nSPS) is 12.6. The van der Waals surface area contributed by atoms with Gasteiger partial charge in [-0.15, -0.1) is 0 Å². The zero-order chi connectivity index (χ0) is 23.1. The third kappa shape index (κ3) is 4.04. The van der Waals surface area contributed by atoms with Crippen molar-refractivity contribution < 1.29 is 44.8 Å². The van der Waals surface area contributed by atoms with Crippen LogP contribution < -0.4 is 5.32 Å². The predicted octanol–water partition coefficient (Wildman–Crippen LogP) is 5.58. The molecule has 1 N–H and O–H groups in total. The van der Waals surface area contributed by atoms with E-state index in [1.165, 1.54) is 0 Å². The van der Waals surface area contributed by atoms with E-state index in [4.69, 9.17) is 0 Å². The number of rotatable bonds is 4. The molecule has 2 aromatic carbocycles. The van der Waals surface area contributed by atoms with E-state index in [-0.39, 0.29) is 17.8 Å². The molecule has 0 spiro atoms. The van der Waals surface area contributed by atoms with E-state index in [1.54, 1.807) is 0 Å². The second kappa shape index (κ2) is 7.54. The Labute approximate surface area is 162 Å². The highest BCUT2D eigenvalue weighted by Gasteiger charge is 2.73. The summed E-state index contributed by atoms with van der Waals surface area (Å²) in [6.45, 7) is 0.978. The highest BCUT2D eigenvalue weighted by Crippen LogP contribution is 2.53. The third-order valence-electron chi connectivity index (χ3n) is 4.05. The highest BCUT2D eigenvalue weighted by atomic mass is 19.4. The molecule has 0 heterocycles. The van der Waals surface area contributed by atoms with E-state index in [2.05, 4.69) is 0 Å². The van der Waals surface area contributed by atoms with Crippen LogP contribution in [0.25, 0.3) is 0 Å². The van der Waals surface area contributed by atoms with Gasteiger partial charge in [0.15, 0.2) is 0 Å². The van der Waals surface area contributed by atoms with Crippen molar-refractivity contribution in [3.63, 3.8) is 0 Å². The number of nitrogens with zero attached hydrogens (tertiary/aromatic N) is 1. The minimum atomic E-state index is -6.31. The van der Waals surface area contributed by atoms with Crippen LogP contribution >= 0.6 is 0 Å². The van der Waals surface area contributed by atoms with Gasteiger partial charge in [-0.3, -0.25) is 14.9 Å². The van der Waals surface area contributed by atoms with Crippen LogP contribution in [0.4, 0.5) is 46.5 Å². The molecule has 13 heteroatoms. The number of nitro benzene ring substituents is 1. The van der Waals surface area contributed by atoms with Gasteiger partial charge in [-0.2, -0.15) is 26.3 Å². The first-order chi connectivity index (χ1) is 13.6. The number of halogens is 8. The Morgan fingerprint density at radius 3 is 2.00 bits per heavy atom. The largest absolute Gasteiger partial charge is 0.435 e. The molecule has 2 aromatic rings. The molecule has 0 aromatic heterocycles. The van der Waals surface area contributed by atoms with Gasteiger partial charge in [-0.25, -0.2) is 8.78 Å². The van der Waals surface area contributed by atoms with Crippen LogP contribution in [0.5, 0.6) is 0 Å². The standard InChI is InChI=1S/C17H10F8N2O3/c1-8-6-9(15(19,16(20,21)22)17(23,24)25)2-4-12(8)26-14(28)11-7-10(18)3-5-13(11)27(29)30/h2-7H,1H3,(H,26,28). The highest BCUT2D eigenvalue weighted by molar-refractivity contribution is 6.07. The number of benzene rings is 2. The molecule has 0 radical (unpaired) electrons. The van der Waals surface area contributed by atoms with Gasteiger partial charge in [0.2, 0.25) is 0 Å². The fourth-order valence-corrected chi connectivity index (χ4v) is 2.55. The number of alkyl halides is 7. The number of hydrogen-bond donors (Lipinski definition) is 1. The van der Waals surface area contributed by atoms with Gasteiger partial charge in [-0.05, 0) is 30.7 Å². The summed E-state index contributed by atoms with van der Waals surface area (Å²) in [4.78, 5) is 22.2. The smallest absolute Gasteiger partial charge is 0.322 e. The molecule has 0 bridgehead atoms. The Morgan fingerprint density at radius 1 is 0.967 bits per heavy atom. The van der Waals surface area contributed by atoms with Crippen LogP contribution in [-0.2, 0) is 5.67 Å². The van der Waals surface area contributed by atoms with Crippen molar-refractivity contribution in [1.29, 1.82) is 0 Å². The maximum Gasteiger partial charge on any atom is 0.435 e. The minimum absolute atomic E-state index is 0.170. The fourth-order valence-electron chi connectivity index (χ4n) is 2.55. The zero-order valence-electron chi connectivity index (χ0n) is 14.7. The molecule has 162 valence electrons. The van der Waals surface area contributed by atoms with Crippen LogP contribution in [0.3, 0.4) is 0 Å². The molecule has 30 heavy (non-hydrogen) atoms. The number of aryl methyl sites for hydroxylation is 1. The Balaban J connectivity index is 2.45. The molecule has 0 saturated carbocycles. The number of hydrogen-bond acceptors (Lipinski definition) is 3. The fraction of sp³-hybridized carbons (Fsp3) is 0.235. The molecule has 0 aliphatic rings. The number of carbonyl (C=O) groups excluding carboxylic acids is 1. The summed E-state index contributed by atoms with van der Waals surface area (Å²) in [7, 11) is 0. The number of amides is 1. The molecular weight excluding hydrogens is 432 g/mol. The van der Waals surface area contributed by atoms with Crippen molar-refractivity contribution >= 4 is 17.3 Å². The van der Waals surface area contributed by atoms with Crippen LogP contribution in [0.1, 0.15) is 21.5 Å². The quantitative estimate of drug-likeness (QED) is 0.382. The van der Waals surface area contributed by atoms with Crippen molar-refractivity contribution in [2.75, 3.05) is 5.32 Å². The number of carbonyl (C=O) groups is 1. The summed E-state index contributed by atoms with van der Waals surface area (Å²) >= 11 is 0. The van der Waals surface area contributed by atoms with Crippen LogP contribution in [-0.4, -0.2) is 23.2 Å². The number of nitrogens with one attached hydrogen (secondary N) is 1. The number of anilines is 1. The van der Waals surface area contributed by atoms with Gasteiger partial charge in [0.1, 0.15) is 11.4 Å². The van der Waals surface area contributed by atoms with Gasteiger partial charge < -0.3 is 5.32 Å². The molecule has 0 saturated heterocycles. The van der Waals surface area contributed by atoms with Gasteiger partial charge in [0, 0.05) is 17.3 Å². The second-order valence-electron chi connectivity index (χ2n) is 6.06. The van der Waals surface area contributed by atoms with E-state index in [1.807, 2.05) is 5.32 Å². The molecule has 1 amide bonds. The first-order valence-electron chi connectivity index (χ1n) is 7.78. The van der Waals surface area contributed by atoms with E-state index in [0.29, 0.717) is 24.3 Å². The first-order valence-corrected chi connectivity index (χ1v) is 7.78. The lowest BCUT2D eigenvalue weighted by atomic mass is 9.92. The molecule has 0 fully saturated rings. The zero-order valence-corrected chi connectivity index (χ0v) is 14.7. The van der Waals surface area contributed by atoms with Crippen molar-refractivity contribution in [3.05, 3.63) is 69.0 Å². The lowest BCUT2D eigenvalue weighted by Gasteiger charge is -2.30. The van der Waals surface area contributed by atoms with Crippen molar-refractivity contribution in [2.24, 2.45) is 0 Å². The van der Waals surface area contributed by atoms with Crippen molar-refractivity contribution in [2.45, 2.75) is 24.9 Å². The van der Waals surface area contributed by atoms with Crippen molar-refractivity contribution in [3.8, 4) is 0 Å². The van der Waals surface area contributed by atoms with Crippen molar-refractivity contribution in [1.82, 2.24) is 0 Å². The summed E-state index contributed by atoms with van der Waals surface area (Å²) in [6, 6.07) is 2.91. The summed E-state index contributed by atoms with van der Waals surface area (Å²) in [6.07, 6.45) is -12.6. The van der Waals surface area contributed by atoms with Gasteiger partial charge in [0.05, 0.1) is 4.92 Å². The van der Waals surface area contributed by atoms with Gasteiger partial charge in [0.25, 0.3) is 11.6 Å². The Kier molecular flexibility index (Phi) is 5.79. The predicted molar refractivity (Wildman–Crippen MR) is 87.1 cm³/mol. The summed E-state index contributed by atoms with van der Waals surface area (Å²) in [5.74, 6) is -2.26. The monoisotopic (exact) mass is 442 g/mol. The van der Waals surface area contributed by atoms with Crippen LogP contribution in [0, 0.1) is 22.9 Å². The van der Waals surface area contributed by atoms with Gasteiger partial charge >= 0.3 is 18.0 Å². The average molecular weight is 442 g/mol. The SMILES string of the molecule is Cc1cc(C(F)(C(F)(F)F)C(F)(F)F)ccc1NC(=O)c1cc(F)ccc1[N+](=O)[O-]. The minimum Gasteiger partial charge on any atom is -0.322 e. The Morgan fingerprint density at radius 2 is 1.53 bits per heavy atom. The van der Waals surface area contributed by atoms with Crippen LogP contribution in [0.15, 0.2) is 36.4 Å². The first kappa shape index (κ1) is 23.0. The molecule has 0 unspecified atom stereocenters. The van der Waals surface area contributed by atoms with Crippen LogP contribution in [0.2, 0.25) is 0 Å². The molecule has 5 nitrogen and oxygen atoms in total. The number of nitro groups is 1. The Bertz CT molecular complexity index is 987. The molecule has 0 aliphatic carbocycles. The average Bonchev–Trinajstić information content (AvgIpc) is 2.60. The third-order valence-corrected chi connectivity index (χ3v) is 4.05. The second-order valence-corrected chi connectivity index (χ2v) is 6.06. The lowest BCUT2D eigenvalue weighted by Crippen LogP contribution is -2.50. The Hall–Kier alpha value is -3.25. The van der Waals surface area contributed by atoms with Gasteiger partial charge in [-0.1, -0.05) is 12.1 Å². The summed E-state index contributed by atoms with van der Waals surface area (Å²) < 4.78 is 105. The van der Waals surface area contributed by atoms with E-state index >= 15 is 0 Å². The maximum atomic E-state index is 14.1. The summed E-state index contributed by atoms with van der Waals surface area (Å²) in [5.41, 5.74) is -9.73. The molecule has 0 atom stereocenters. The molecule has 0 aliphatic heterocycles. The van der Waals surface area contributed by atoms with E-state index < -0.39 is 57.0 Å². The maximum absolute atomic E-state index is 14.1. The molecule has 2 rings (SSSR count). The van der Waals surface area contributed by atoms with E-state index in [0.717, 1.165) is 6.92 Å². The van der Waals surface area contributed by atoms with E-state index in [9.17, 15) is 50.0 Å². The molecular formula is C17H10F8N2O3. The topological polar surface area (TPSA) is 72.2 Å². The lowest BCUT2D eigenvalue weighted by molar-refractivity contribution is -0.385.